The Kier molecular flexibility index (Phi) is 6.47. The van der Waals surface area contributed by atoms with Crippen LogP contribution in [0.25, 0.3) is 5.76 Å². The van der Waals surface area contributed by atoms with Gasteiger partial charge in [-0.25, -0.2) is 0 Å². The summed E-state index contributed by atoms with van der Waals surface area (Å²) in [6.45, 7) is 1.62. The van der Waals surface area contributed by atoms with Crippen molar-refractivity contribution in [2.75, 3.05) is 24.7 Å². The van der Waals surface area contributed by atoms with Gasteiger partial charge in [0.25, 0.3) is 5.91 Å². The lowest BCUT2D eigenvalue weighted by Gasteiger charge is -2.53. The molecular formula is C24H26BrN3O9. The van der Waals surface area contributed by atoms with Crippen LogP contribution in [0.5, 0.6) is 5.75 Å². The number of nitrogens with one attached hydrogen (secondary N) is 1. The fourth-order valence-electron chi connectivity index (χ4n) is 5.90. The molecule has 37 heavy (non-hydrogen) atoms. The molecule has 1 fully saturated rings. The zero-order valence-corrected chi connectivity index (χ0v) is 21.6. The maximum atomic E-state index is 13.9. The van der Waals surface area contributed by atoms with Crippen molar-refractivity contribution in [3.05, 3.63) is 40.2 Å². The number of likely N-dealkylation sites (N-methyl/N-ethyl adjacent to an activating group) is 1. The SMILES string of the molecule is C[C@H]1c2ccc(NC(=O)CBr)c(O)c2C(O)=C2C(=O)[C@]3(O)C(O)=C(C(N)=O)C(=O)[C@@H](N(C)C)C3[C@@H](O)C21. The molecular weight excluding hydrogens is 554 g/mol. The molecule has 2 amide bonds. The Morgan fingerprint density at radius 2 is 1.81 bits per heavy atom. The van der Waals surface area contributed by atoms with Crippen LogP contribution in [0.1, 0.15) is 24.0 Å². The van der Waals surface area contributed by atoms with Crippen molar-refractivity contribution in [1.29, 1.82) is 0 Å². The molecule has 4 rings (SSSR count). The normalized spacial score (nSPS) is 31.2. The lowest BCUT2D eigenvalue weighted by Crippen LogP contribution is -2.70. The molecule has 1 aromatic carbocycles. The molecule has 198 valence electrons. The number of aromatic hydroxyl groups is 1. The van der Waals surface area contributed by atoms with E-state index < -0.39 is 87.3 Å². The topological polar surface area (TPSA) is 211 Å². The van der Waals surface area contributed by atoms with Crippen LogP contribution in [-0.4, -0.2) is 91.0 Å². The van der Waals surface area contributed by atoms with E-state index >= 15 is 0 Å². The molecule has 3 aliphatic rings. The molecule has 0 heterocycles. The number of phenols is 1. The molecule has 3 aliphatic carbocycles. The van der Waals surface area contributed by atoms with Crippen molar-refractivity contribution < 1.29 is 44.7 Å². The van der Waals surface area contributed by atoms with Crippen LogP contribution in [0, 0.1) is 11.8 Å². The number of fused-ring (bicyclic) bond motifs is 3. The summed E-state index contributed by atoms with van der Waals surface area (Å²) in [6, 6.07) is 1.49. The number of aliphatic hydroxyl groups excluding tert-OH is 3. The van der Waals surface area contributed by atoms with Gasteiger partial charge in [-0.2, -0.15) is 0 Å². The number of phenolic OH excluding ortho intramolecular Hbond substituents is 1. The Hall–Kier alpha value is -3.26. The summed E-state index contributed by atoms with van der Waals surface area (Å²) in [5, 5.41) is 58.6. The van der Waals surface area contributed by atoms with Crippen molar-refractivity contribution >= 4 is 50.8 Å². The number of alkyl halides is 1. The number of aliphatic hydroxyl groups is 4. The van der Waals surface area contributed by atoms with Gasteiger partial charge in [-0.05, 0) is 31.6 Å². The van der Waals surface area contributed by atoms with Crippen LogP contribution in [0.2, 0.25) is 0 Å². The largest absolute Gasteiger partial charge is 0.508 e. The van der Waals surface area contributed by atoms with Crippen LogP contribution < -0.4 is 11.1 Å². The first-order valence-corrected chi connectivity index (χ1v) is 12.4. The molecule has 0 aliphatic heterocycles. The van der Waals surface area contributed by atoms with Gasteiger partial charge in [-0.1, -0.05) is 28.9 Å². The molecule has 0 aromatic heterocycles. The van der Waals surface area contributed by atoms with Gasteiger partial charge in [-0.3, -0.25) is 24.1 Å². The maximum absolute atomic E-state index is 13.9. The number of rotatable bonds is 4. The molecule has 6 atom stereocenters. The minimum atomic E-state index is -2.99. The predicted octanol–water partition coefficient (Wildman–Crippen LogP) is -0.171. The number of primary amides is 1. The molecule has 0 radical (unpaired) electrons. The summed E-state index contributed by atoms with van der Waals surface area (Å²) in [5.74, 6) is -10.3. The van der Waals surface area contributed by atoms with Crippen molar-refractivity contribution in [1.82, 2.24) is 4.90 Å². The highest BCUT2D eigenvalue weighted by molar-refractivity contribution is 9.09. The van der Waals surface area contributed by atoms with E-state index in [4.69, 9.17) is 5.73 Å². The first kappa shape index (κ1) is 26.8. The average Bonchev–Trinajstić information content (AvgIpc) is 2.82. The number of amides is 2. The summed E-state index contributed by atoms with van der Waals surface area (Å²) >= 11 is 2.99. The van der Waals surface area contributed by atoms with Gasteiger partial charge in [0.1, 0.15) is 22.8 Å². The number of hydrogen-bond acceptors (Lipinski definition) is 10. The number of hydrogen-bond donors (Lipinski definition) is 7. The Labute approximate surface area is 219 Å². The number of carbonyl (C=O) groups is 4. The quantitative estimate of drug-likeness (QED) is 0.142. The fourth-order valence-corrected chi connectivity index (χ4v) is 6.04. The standard InChI is InChI=1S/C24H26BrN3O9/c1-7-8-4-5-9(27-10(29)6-25)17(30)12(8)18(31)13-11(7)19(32)15-16(28(2)3)20(33)14(23(26)36)22(35)24(15,37)21(13)34/h4-5,7,11,15-16,19,30-32,35,37H,6H2,1-3H3,(H2,26,36)(H,27,29)/t7-,11?,15?,16-,19-,24-/m0/s1. The second-order valence-electron chi connectivity index (χ2n) is 9.66. The molecule has 0 spiro atoms. The van der Waals surface area contributed by atoms with Crippen LogP contribution in [-0.2, 0) is 19.2 Å². The average molecular weight is 580 g/mol. The number of ketones is 2. The summed E-state index contributed by atoms with van der Waals surface area (Å²) < 4.78 is 0. The molecule has 0 saturated heterocycles. The van der Waals surface area contributed by atoms with Gasteiger partial charge in [0.05, 0.1) is 34.6 Å². The van der Waals surface area contributed by atoms with Crippen LogP contribution in [0.15, 0.2) is 29.0 Å². The number of carbonyl (C=O) groups excluding carboxylic acids is 4. The zero-order chi connectivity index (χ0) is 27.7. The fraction of sp³-hybridized carbons (Fsp3) is 0.417. The van der Waals surface area contributed by atoms with Crippen LogP contribution in [0.3, 0.4) is 0 Å². The Morgan fingerprint density at radius 1 is 1.19 bits per heavy atom. The van der Waals surface area contributed by atoms with E-state index in [-0.39, 0.29) is 16.6 Å². The van der Waals surface area contributed by atoms with Gasteiger partial charge in [0, 0.05) is 11.5 Å². The molecule has 13 heteroatoms. The number of anilines is 1. The van der Waals surface area contributed by atoms with Gasteiger partial charge >= 0.3 is 0 Å². The third-order valence-corrected chi connectivity index (χ3v) is 8.03. The third-order valence-electron chi connectivity index (χ3n) is 7.52. The smallest absolute Gasteiger partial charge is 0.255 e. The van der Waals surface area contributed by atoms with Crippen LogP contribution >= 0.6 is 15.9 Å². The van der Waals surface area contributed by atoms with Gasteiger partial charge in [0.2, 0.25) is 11.7 Å². The Bertz CT molecular complexity index is 1320. The third kappa shape index (κ3) is 3.52. The number of benzene rings is 1. The monoisotopic (exact) mass is 579 g/mol. The molecule has 1 aromatic rings. The highest BCUT2D eigenvalue weighted by Gasteiger charge is 2.68. The summed E-state index contributed by atoms with van der Waals surface area (Å²) in [7, 11) is 2.87. The molecule has 12 nitrogen and oxygen atoms in total. The first-order valence-electron chi connectivity index (χ1n) is 11.3. The van der Waals surface area contributed by atoms with E-state index in [0.29, 0.717) is 5.56 Å². The maximum Gasteiger partial charge on any atom is 0.255 e. The van der Waals surface area contributed by atoms with Gasteiger partial charge in [0.15, 0.2) is 11.4 Å². The van der Waals surface area contributed by atoms with Crippen molar-refractivity contribution in [3.8, 4) is 5.75 Å². The summed E-state index contributed by atoms with van der Waals surface area (Å²) in [5.41, 5.74) is 0.883. The first-order chi connectivity index (χ1) is 17.2. The second kappa shape index (κ2) is 8.94. The van der Waals surface area contributed by atoms with E-state index in [2.05, 4.69) is 21.2 Å². The highest BCUT2D eigenvalue weighted by atomic mass is 79.9. The Morgan fingerprint density at radius 3 is 2.35 bits per heavy atom. The van der Waals surface area contributed by atoms with E-state index in [1.54, 1.807) is 6.92 Å². The highest BCUT2D eigenvalue weighted by Crippen LogP contribution is 2.56. The minimum absolute atomic E-state index is 0.0592. The van der Waals surface area contributed by atoms with Crippen molar-refractivity contribution in [2.45, 2.75) is 30.6 Å². The van der Waals surface area contributed by atoms with E-state index in [0.717, 1.165) is 0 Å². The van der Waals surface area contributed by atoms with E-state index in [1.807, 2.05) is 0 Å². The lowest BCUT2D eigenvalue weighted by atomic mass is 9.54. The number of nitrogens with two attached hydrogens (primary N) is 1. The van der Waals surface area contributed by atoms with Gasteiger partial charge in [-0.15, -0.1) is 0 Å². The van der Waals surface area contributed by atoms with Crippen LogP contribution in [0.4, 0.5) is 5.69 Å². The molecule has 1 saturated carbocycles. The summed E-state index contributed by atoms with van der Waals surface area (Å²) in [6.07, 6.45) is -1.68. The number of Topliss-reactive ketones (excluding diaryl/α,β-unsaturated/α-hetero) is 2. The van der Waals surface area contributed by atoms with E-state index in [9.17, 15) is 44.7 Å². The lowest BCUT2D eigenvalue weighted by molar-refractivity contribution is -0.169. The van der Waals surface area contributed by atoms with E-state index in [1.165, 1.54) is 31.1 Å². The molecule has 8 N–H and O–H groups in total. The number of nitrogens with zero attached hydrogens (tertiary/aromatic N) is 1. The predicted molar refractivity (Wildman–Crippen MR) is 133 cm³/mol. The molecule has 0 bridgehead atoms. The zero-order valence-electron chi connectivity index (χ0n) is 20.0. The second-order valence-corrected chi connectivity index (χ2v) is 10.2. The van der Waals surface area contributed by atoms with Crippen molar-refractivity contribution in [2.24, 2.45) is 17.6 Å². The van der Waals surface area contributed by atoms with Crippen molar-refractivity contribution in [3.63, 3.8) is 0 Å². The number of halogens is 1. The minimum Gasteiger partial charge on any atom is -0.508 e. The van der Waals surface area contributed by atoms with Gasteiger partial charge < -0.3 is 36.6 Å². The Balaban J connectivity index is 2.01. The molecule has 2 unspecified atom stereocenters. The summed E-state index contributed by atoms with van der Waals surface area (Å²) in [4.78, 5) is 52.2.